The fourth-order valence-electron chi connectivity index (χ4n) is 8.19. The number of carbonyl (C=O) groups excluding carboxylic acids is 1. The van der Waals surface area contributed by atoms with Gasteiger partial charge in [-0.05, 0) is 22.3 Å². The number of ether oxygens (including phenoxy) is 25. The maximum Gasteiger partial charge on any atom is 0.407 e. The molecular formula is C66H113NO28. The van der Waals surface area contributed by atoms with Crippen LogP contribution in [0.4, 0.5) is 4.79 Å². The molecule has 0 fully saturated rings. The zero-order valence-electron chi connectivity index (χ0n) is 56.2. The molecule has 0 aliphatic heterocycles. The number of nitrogens with one attached hydrogen (secondary N) is 1. The summed E-state index contributed by atoms with van der Waals surface area (Å²) in [6.07, 6.45) is -0.471. The largest absolute Gasteiger partial charge is 0.481 e. The molecule has 2 aromatic rings. The molecule has 2 aromatic carbocycles. The van der Waals surface area contributed by atoms with Crippen LogP contribution in [0.3, 0.4) is 0 Å². The Morgan fingerprint density at radius 1 is 0.263 bits per heavy atom. The number of amides is 1. The predicted octanol–water partition coefficient (Wildman–Crippen LogP) is 3.40. The minimum Gasteiger partial charge on any atom is -0.481 e. The highest BCUT2D eigenvalue weighted by molar-refractivity contribution is 5.79. The summed E-state index contributed by atoms with van der Waals surface area (Å²) in [7, 11) is 0. The molecule has 0 spiro atoms. The van der Waals surface area contributed by atoms with E-state index >= 15 is 0 Å². The van der Waals surface area contributed by atoms with Crippen molar-refractivity contribution >= 4 is 12.1 Å². The fraction of sp³-hybridized carbons (Fsp3) is 0.788. The number of rotatable bonds is 77. The van der Waals surface area contributed by atoms with Crippen LogP contribution in [0.1, 0.15) is 23.5 Å². The average Bonchev–Trinajstić information content (AvgIpc) is 1.62. The Kier molecular flexibility index (Phi) is 61.8. The Hall–Kier alpha value is -3.78. The summed E-state index contributed by atoms with van der Waals surface area (Å²) < 4.78 is 137. The summed E-state index contributed by atoms with van der Waals surface area (Å²) in [5.74, 6) is -0.855. The standard InChI is InChI=1S/C66H113NO28/c68-65(69)9-11-71-13-15-73-17-19-75-21-23-77-25-27-79-29-31-81-33-35-83-37-39-85-41-43-87-45-47-89-49-51-91-53-55-93-57-58-94-56-54-92-52-50-90-48-46-88-44-42-86-40-38-84-36-34-82-32-30-80-28-26-78-24-22-76-20-18-74-16-14-72-12-10-67-66(70)95-59-64-62-7-3-1-5-60(62)61-6-2-4-8-63(61)64/h1-8,64H,9-59H2,(H,67,70)(H,68,69). The summed E-state index contributed by atoms with van der Waals surface area (Å²) in [4.78, 5) is 22.7. The van der Waals surface area contributed by atoms with Gasteiger partial charge in [-0.1, -0.05) is 48.5 Å². The van der Waals surface area contributed by atoms with Gasteiger partial charge in [0.2, 0.25) is 0 Å². The molecule has 29 nitrogen and oxygen atoms in total. The van der Waals surface area contributed by atoms with Crippen molar-refractivity contribution in [3.63, 3.8) is 0 Å². The van der Waals surface area contributed by atoms with Crippen molar-refractivity contribution in [2.45, 2.75) is 12.3 Å². The van der Waals surface area contributed by atoms with Gasteiger partial charge in [-0.15, -0.1) is 0 Å². The molecule has 1 aliphatic carbocycles. The van der Waals surface area contributed by atoms with Crippen LogP contribution in [0.5, 0.6) is 0 Å². The van der Waals surface area contributed by atoms with E-state index in [-0.39, 0.29) is 25.6 Å². The molecule has 0 aromatic heterocycles. The molecule has 0 unspecified atom stereocenters. The lowest BCUT2D eigenvalue weighted by Crippen LogP contribution is -2.29. The number of aliphatic carboxylic acids is 1. The van der Waals surface area contributed by atoms with Crippen LogP contribution < -0.4 is 5.32 Å². The minimum absolute atomic E-state index is 0.0114. The third-order valence-electron chi connectivity index (χ3n) is 12.9. The van der Waals surface area contributed by atoms with E-state index in [1.54, 1.807) is 0 Å². The number of alkyl carbamates (subject to hydrolysis) is 1. The first-order valence-electron chi connectivity index (χ1n) is 33.3. The quantitative estimate of drug-likeness (QED) is 0.0897. The smallest absolute Gasteiger partial charge is 0.407 e. The normalized spacial score (nSPS) is 12.1. The summed E-state index contributed by atoms with van der Waals surface area (Å²) in [6, 6.07) is 16.5. The number of carboxylic acids is 1. The van der Waals surface area contributed by atoms with Crippen molar-refractivity contribution < 1.29 is 133 Å². The monoisotopic (exact) mass is 1370 g/mol. The van der Waals surface area contributed by atoms with Crippen molar-refractivity contribution in [2.24, 2.45) is 0 Å². The molecule has 29 heteroatoms. The van der Waals surface area contributed by atoms with Gasteiger partial charge in [-0.2, -0.15) is 0 Å². The Labute approximate surface area is 562 Å². The van der Waals surface area contributed by atoms with Gasteiger partial charge in [-0.3, -0.25) is 4.79 Å². The molecule has 2 N–H and O–H groups in total. The van der Waals surface area contributed by atoms with Gasteiger partial charge < -0.3 is 129 Å². The molecule has 1 amide bonds. The maximum atomic E-state index is 12.3. The van der Waals surface area contributed by atoms with E-state index in [0.29, 0.717) is 317 Å². The lowest BCUT2D eigenvalue weighted by Gasteiger charge is -2.14. The number of carbonyl (C=O) groups is 2. The molecule has 0 saturated carbocycles. The fourth-order valence-corrected chi connectivity index (χ4v) is 8.19. The first kappa shape index (κ1) is 85.4. The van der Waals surface area contributed by atoms with Gasteiger partial charge in [0.1, 0.15) is 6.61 Å². The molecule has 550 valence electrons. The highest BCUT2D eigenvalue weighted by Gasteiger charge is 2.29. The van der Waals surface area contributed by atoms with Crippen molar-refractivity contribution in [2.75, 3.05) is 330 Å². The number of hydrogen-bond acceptors (Lipinski definition) is 27. The van der Waals surface area contributed by atoms with Crippen LogP contribution in [-0.2, 0) is 123 Å². The molecule has 1 aliphatic rings. The number of carboxylic acid groups (broad SMARTS) is 1. The zero-order valence-corrected chi connectivity index (χ0v) is 56.2. The molecule has 0 atom stereocenters. The van der Waals surface area contributed by atoms with Crippen LogP contribution >= 0.6 is 0 Å². The average molecular weight is 1370 g/mol. The van der Waals surface area contributed by atoms with Crippen molar-refractivity contribution in [1.82, 2.24) is 5.32 Å². The molecule has 0 saturated heterocycles. The van der Waals surface area contributed by atoms with Gasteiger partial charge in [-0.25, -0.2) is 4.79 Å². The summed E-state index contributed by atoms with van der Waals surface area (Å²) >= 11 is 0. The van der Waals surface area contributed by atoms with E-state index in [1.165, 1.54) is 22.3 Å². The molecule has 0 bridgehead atoms. The van der Waals surface area contributed by atoms with E-state index in [1.807, 2.05) is 24.3 Å². The summed E-state index contributed by atoms with van der Waals surface area (Å²) in [6.45, 7) is 22.5. The second kappa shape index (κ2) is 68.7. The second-order valence-electron chi connectivity index (χ2n) is 20.1. The van der Waals surface area contributed by atoms with E-state index < -0.39 is 12.1 Å². The summed E-state index contributed by atoms with van der Waals surface area (Å²) in [5.41, 5.74) is 4.75. The van der Waals surface area contributed by atoms with Crippen LogP contribution in [-0.4, -0.2) is 347 Å². The highest BCUT2D eigenvalue weighted by Crippen LogP contribution is 2.44. The first-order valence-corrected chi connectivity index (χ1v) is 33.3. The topological polar surface area (TPSA) is 297 Å². The minimum atomic E-state index is -0.881. The van der Waals surface area contributed by atoms with Gasteiger partial charge in [0.25, 0.3) is 0 Å². The van der Waals surface area contributed by atoms with E-state index in [4.69, 9.17) is 124 Å². The Balaban J connectivity index is 0.847. The number of benzene rings is 2. The number of hydrogen-bond donors (Lipinski definition) is 2. The molecule has 3 rings (SSSR count). The third-order valence-corrected chi connectivity index (χ3v) is 12.9. The van der Waals surface area contributed by atoms with Gasteiger partial charge in [0.05, 0.1) is 324 Å². The van der Waals surface area contributed by atoms with E-state index in [9.17, 15) is 9.59 Å². The van der Waals surface area contributed by atoms with Crippen LogP contribution in [0.15, 0.2) is 48.5 Å². The summed E-state index contributed by atoms with van der Waals surface area (Å²) in [5, 5.41) is 11.3. The van der Waals surface area contributed by atoms with E-state index in [2.05, 4.69) is 29.6 Å². The SMILES string of the molecule is O=C(O)CCOCCOCCOCCOCCOCCOCCOCCOCCOCCOCCOCCOCCOCCOCCOCCOCCOCCOCCOCCOCCOCCOCCOCCOCCNC(=O)OCC1c2ccccc2-c2ccccc21. The lowest BCUT2D eigenvalue weighted by atomic mass is 9.98. The highest BCUT2D eigenvalue weighted by atomic mass is 16.6. The molecule has 0 heterocycles. The van der Waals surface area contributed by atoms with Crippen molar-refractivity contribution in [3.8, 4) is 11.1 Å². The van der Waals surface area contributed by atoms with Crippen LogP contribution in [0.2, 0.25) is 0 Å². The second-order valence-corrected chi connectivity index (χ2v) is 20.1. The van der Waals surface area contributed by atoms with Crippen LogP contribution in [0, 0.1) is 0 Å². The van der Waals surface area contributed by atoms with Crippen LogP contribution in [0.25, 0.3) is 11.1 Å². The Morgan fingerprint density at radius 2 is 0.442 bits per heavy atom. The van der Waals surface area contributed by atoms with Crippen molar-refractivity contribution in [1.29, 1.82) is 0 Å². The Morgan fingerprint density at radius 3 is 0.642 bits per heavy atom. The predicted molar refractivity (Wildman–Crippen MR) is 345 cm³/mol. The molecular weight excluding hydrogens is 1250 g/mol. The van der Waals surface area contributed by atoms with E-state index in [0.717, 1.165) is 0 Å². The van der Waals surface area contributed by atoms with Gasteiger partial charge >= 0.3 is 12.1 Å². The zero-order chi connectivity index (χ0) is 67.1. The van der Waals surface area contributed by atoms with Gasteiger partial charge in [0, 0.05) is 12.5 Å². The van der Waals surface area contributed by atoms with Crippen molar-refractivity contribution in [3.05, 3.63) is 59.7 Å². The third kappa shape index (κ3) is 54.8. The molecule has 0 radical (unpaired) electrons. The van der Waals surface area contributed by atoms with Gasteiger partial charge in [0.15, 0.2) is 0 Å². The maximum absolute atomic E-state index is 12.3. The first-order chi connectivity index (χ1) is 47.2. The molecule has 95 heavy (non-hydrogen) atoms. The number of fused-ring (bicyclic) bond motifs is 3. The lowest BCUT2D eigenvalue weighted by molar-refractivity contribution is -0.138. The Bertz CT molecular complexity index is 1920.